The lowest BCUT2D eigenvalue weighted by Crippen LogP contribution is -2.22. The third-order valence-electron chi connectivity index (χ3n) is 4.12. The number of rotatable bonds is 6. The van der Waals surface area contributed by atoms with E-state index in [1.54, 1.807) is 0 Å². The highest BCUT2D eigenvalue weighted by Gasteiger charge is 2.19. The van der Waals surface area contributed by atoms with Crippen molar-refractivity contribution < 1.29 is 0 Å². The molecule has 2 N–H and O–H groups in total. The molecule has 1 heterocycles. The van der Waals surface area contributed by atoms with Gasteiger partial charge >= 0.3 is 0 Å². The van der Waals surface area contributed by atoms with Crippen LogP contribution in [-0.4, -0.2) is 43.5 Å². The van der Waals surface area contributed by atoms with Gasteiger partial charge in [-0.1, -0.05) is 24.3 Å². The molecule has 1 atom stereocenters. The smallest absolute Gasteiger partial charge is 0.0230 e. The van der Waals surface area contributed by atoms with Crippen molar-refractivity contribution in [2.45, 2.75) is 25.9 Å². The largest absolute Gasteiger partial charge is 0.326 e. The zero-order valence-corrected chi connectivity index (χ0v) is 12.3. The summed E-state index contributed by atoms with van der Waals surface area (Å²) in [4.78, 5) is 4.87. The van der Waals surface area contributed by atoms with Crippen LogP contribution in [0.3, 0.4) is 0 Å². The maximum absolute atomic E-state index is 5.62. The molecular formula is C16H27N3. The SMILES string of the molecule is CN(CCC1CCN(C)C1)Cc1ccc(CN)cc1. The lowest BCUT2D eigenvalue weighted by atomic mass is 10.0. The van der Waals surface area contributed by atoms with Gasteiger partial charge in [-0.05, 0) is 57.1 Å². The third-order valence-corrected chi connectivity index (χ3v) is 4.12. The molecule has 0 radical (unpaired) electrons. The highest BCUT2D eigenvalue weighted by Crippen LogP contribution is 2.18. The average molecular weight is 261 g/mol. The predicted molar refractivity (Wildman–Crippen MR) is 80.9 cm³/mol. The summed E-state index contributed by atoms with van der Waals surface area (Å²) in [6.45, 7) is 5.41. The monoisotopic (exact) mass is 261 g/mol. The van der Waals surface area contributed by atoms with Gasteiger partial charge in [0.15, 0.2) is 0 Å². The van der Waals surface area contributed by atoms with Crippen molar-refractivity contribution in [2.24, 2.45) is 11.7 Å². The number of hydrogen-bond acceptors (Lipinski definition) is 3. The Morgan fingerprint density at radius 2 is 1.95 bits per heavy atom. The van der Waals surface area contributed by atoms with Crippen molar-refractivity contribution in [3.63, 3.8) is 0 Å². The van der Waals surface area contributed by atoms with E-state index in [9.17, 15) is 0 Å². The molecule has 1 aromatic rings. The molecule has 1 fully saturated rings. The van der Waals surface area contributed by atoms with Gasteiger partial charge in [0.1, 0.15) is 0 Å². The molecule has 3 nitrogen and oxygen atoms in total. The first kappa shape index (κ1) is 14.5. The van der Waals surface area contributed by atoms with Gasteiger partial charge in [0.2, 0.25) is 0 Å². The summed E-state index contributed by atoms with van der Waals surface area (Å²) in [5, 5.41) is 0. The highest BCUT2D eigenvalue weighted by molar-refractivity contribution is 5.22. The van der Waals surface area contributed by atoms with Crippen molar-refractivity contribution in [1.29, 1.82) is 0 Å². The zero-order valence-electron chi connectivity index (χ0n) is 12.3. The topological polar surface area (TPSA) is 32.5 Å². The molecule has 1 aliphatic rings. The summed E-state index contributed by atoms with van der Waals surface area (Å²) in [6, 6.07) is 8.66. The molecular weight excluding hydrogens is 234 g/mol. The molecule has 106 valence electrons. The summed E-state index contributed by atoms with van der Waals surface area (Å²) < 4.78 is 0. The van der Waals surface area contributed by atoms with Crippen LogP contribution in [0.4, 0.5) is 0 Å². The number of nitrogens with zero attached hydrogens (tertiary/aromatic N) is 2. The maximum Gasteiger partial charge on any atom is 0.0230 e. The molecule has 1 unspecified atom stereocenters. The fourth-order valence-corrected chi connectivity index (χ4v) is 2.84. The molecule has 0 aromatic heterocycles. The fourth-order valence-electron chi connectivity index (χ4n) is 2.84. The van der Waals surface area contributed by atoms with Crippen molar-refractivity contribution in [2.75, 3.05) is 33.7 Å². The summed E-state index contributed by atoms with van der Waals surface area (Å²) in [6.07, 6.45) is 2.69. The molecule has 1 saturated heterocycles. The molecule has 19 heavy (non-hydrogen) atoms. The Kier molecular flexibility index (Phi) is 5.37. The minimum Gasteiger partial charge on any atom is -0.326 e. The van der Waals surface area contributed by atoms with E-state index in [2.05, 4.69) is 48.2 Å². The van der Waals surface area contributed by atoms with Crippen LogP contribution in [0.15, 0.2) is 24.3 Å². The van der Waals surface area contributed by atoms with Gasteiger partial charge in [0.05, 0.1) is 0 Å². The quantitative estimate of drug-likeness (QED) is 0.849. The summed E-state index contributed by atoms with van der Waals surface area (Å²) in [7, 11) is 4.44. The van der Waals surface area contributed by atoms with E-state index in [4.69, 9.17) is 5.73 Å². The zero-order chi connectivity index (χ0) is 13.7. The molecule has 2 rings (SSSR count). The molecule has 0 spiro atoms. The van der Waals surface area contributed by atoms with E-state index in [1.165, 1.54) is 43.6 Å². The molecule has 3 heteroatoms. The van der Waals surface area contributed by atoms with Crippen LogP contribution in [0.2, 0.25) is 0 Å². The Hall–Kier alpha value is -0.900. The second-order valence-corrected chi connectivity index (χ2v) is 5.96. The minimum atomic E-state index is 0.630. The van der Waals surface area contributed by atoms with E-state index < -0.39 is 0 Å². The van der Waals surface area contributed by atoms with E-state index in [0.717, 1.165) is 12.5 Å². The van der Waals surface area contributed by atoms with Gasteiger partial charge in [0.25, 0.3) is 0 Å². The van der Waals surface area contributed by atoms with Gasteiger partial charge in [-0.2, -0.15) is 0 Å². The first-order valence-corrected chi connectivity index (χ1v) is 7.32. The maximum atomic E-state index is 5.62. The van der Waals surface area contributed by atoms with E-state index in [0.29, 0.717) is 6.54 Å². The average Bonchev–Trinajstić information content (AvgIpc) is 2.83. The Morgan fingerprint density at radius 1 is 1.26 bits per heavy atom. The normalized spacial score (nSPS) is 20.3. The van der Waals surface area contributed by atoms with Gasteiger partial charge < -0.3 is 15.5 Å². The van der Waals surface area contributed by atoms with Gasteiger partial charge in [0, 0.05) is 19.6 Å². The second kappa shape index (κ2) is 7.04. The predicted octanol–water partition coefficient (Wildman–Crippen LogP) is 1.92. The second-order valence-electron chi connectivity index (χ2n) is 5.96. The molecule has 0 saturated carbocycles. The van der Waals surface area contributed by atoms with Crippen LogP contribution >= 0.6 is 0 Å². The van der Waals surface area contributed by atoms with Crippen molar-refractivity contribution in [1.82, 2.24) is 9.80 Å². The van der Waals surface area contributed by atoms with Gasteiger partial charge in [-0.25, -0.2) is 0 Å². The van der Waals surface area contributed by atoms with Crippen LogP contribution in [-0.2, 0) is 13.1 Å². The van der Waals surface area contributed by atoms with E-state index >= 15 is 0 Å². The minimum absolute atomic E-state index is 0.630. The van der Waals surface area contributed by atoms with E-state index in [1.807, 2.05) is 0 Å². The molecule has 1 aromatic carbocycles. The summed E-state index contributed by atoms with van der Waals surface area (Å²) in [5.41, 5.74) is 8.20. The fraction of sp³-hybridized carbons (Fsp3) is 0.625. The number of likely N-dealkylation sites (tertiary alicyclic amines) is 1. The Balaban J connectivity index is 1.72. The van der Waals surface area contributed by atoms with Crippen LogP contribution in [0, 0.1) is 5.92 Å². The Bertz CT molecular complexity index is 374. The van der Waals surface area contributed by atoms with E-state index in [-0.39, 0.29) is 0 Å². The van der Waals surface area contributed by atoms with Crippen molar-refractivity contribution >= 4 is 0 Å². The van der Waals surface area contributed by atoms with Crippen LogP contribution in [0.25, 0.3) is 0 Å². The Morgan fingerprint density at radius 3 is 2.53 bits per heavy atom. The van der Waals surface area contributed by atoms with Crippen molar-refractivity contribution in [3.05, 3.63) is 35.4 Å². The van der Waals surface area contributed by atoms with Crippen LogP contribution < -0.4 is 5.73 Å². The summed E-state index contributed by atoms with van der Waals surface area (Å²) in [5.74, 6) is 0.895. The van der Waals surface area contributed by atoms with Crippen molar-refractivity contribution in [3.8, 4) is 0 Å². The number of nitrogens with two attached hydrogens (primary N) is 1. The summed E-state index contributed by atoms with van der Waals surface area (Å²) >= 11 is 0. The van der Waals surface area contributed by atoms with Gasteiger partial charge in [-0.3, -0.25) is 0 Å². The van der Waals surface area contributed by atoms with Crippen LogP contribution in [0.1, 0.15) is 24.0 Å². The standard InChI is InChI=1S/C16H27N3/c1-18(9-7-16-8-10-19(2)13-16)12-15-5-3-14(11-17)4-6-15/h3-6,16H,7-13,17H2,1-2H3. The lowest BCUT2D eigenvalue weighted by Gasteiger charge is -2.19. The Labute approximate surface area is 117 Å². The van der Waals surface area contributed by atoms with Gasteiger partial charge in [-0.15, -0.1) is 0 Å². The molecule has 1 aliphatic heterocycles. The number of benzene rings is 1. The molecule has 0 aliphatic carbocycles. The third kappa shape index (κ3) is 4.60. The molecule has 0 bridgehead atoms. The first-order valence-electron chi connectivity index (χ1n) is 7.32. The van der Waals surface area contributed by atoms with Crippen LogP contribution in [0.5, 0.6) is 0 Å². The first-order chi connectivity index (χ1) is 9.17. The highest BCUT2D eigenvalue weighted by atomic mass is 15.1. The lowest BCUT2D eigenvalue weighted by molar-refractivity contribution is 0.290. The molecule has 0 amide bonds. The number of hydrogen-bond donors (Lipinski definition) is 1.